The van der Waals surface area contributed by atoms with Gasteiger partial charge in [-0.2, -0.15) is 4.57 Å². The summed E-state index contributed by atoms with van der Waals surface area (Å²) in [6, 6.07) is 22.5. The van der Waals surface area contributed by atoms with Gasteiger partial charge in [0.15, 0.2) is 0 Å². The van der Waals surface area contributed by atoms with Crippen LogP contribution in [0, 0.1) is 0 Å². The van der Waals surface area contributed by atoms with Crippen molar-refractivity contribution in [2.75, 3.05) is 0 Å². The molecular weight excluding hydrogens is 470 g/mol. The quantitative estimate of drug-likeness (QED) is 0.292. The summed E-state index contributed by atoms with van der Waals surface area (Å²) in [5.74, 6) is 0. The molecule has 7 heteroatoms. The zero-order valence-corrected chi connectivity index (χ0v) is 18.7. The van der Waals surface area contributed by atoms with E-state index in [2.05, 4.69) is 93.6 Å². The van der Waals surface area contributed by atoms with Crippen molar-refractivity contribution in [3.05, 3.63) is 93.2 Å². The zero-order valence-electron chi connectivity index (χ0n) is 15.5. The Balaban J connectivity index is 0.000000188. The number of hydrogen-bond donors (Lipinski definition) is 0. The predicted molar refractivity (Wildman–Crippen MR) is 120 cm³/mol. The number of nitrogens with zero attached hydrogens (tertiary/aromatic N) is 1. The molecule has 0 aliphatic rings. The molecule has 0 bridgehead atoms. The summed E-state index contributed by atoms with van der Waals surface area (Å²) in [5, 5.41) is 3.37. The van der Waals surface area contributed by atoms with Gasteiger partial charge in [-0.1, -0.05) is 34.1 Å². The van der Waals surface area contributed by atoms with Crippen LogP contribution in [0.2, 0.25) is 0 Å². The third kappa shape index (κ3) is 5.83. The highest BCUT2D eigenvalue weighted by Gasteiger charge is 2.07. The highest BCUT2D eigenvalue weighted by atomic mass is 79.9. The van der Waals surface area contributed by atoms with Crippen LogP contribution in [0.3, 0.4) is 0 Å². The molecule has 0 unspecified atom stereocenters. The second kappa shape index (κ2) is 9.45. The maximum Gasteiger partial charge on any atom is 0.212 e. The lowest BCUT2D eigenvalue weighted by molar-refractivity contribution is -0.646. The lowest BCUT2D eigenvalue weighted by Gasteiger charge is -2.05. The van der Waals surface area contributed by atoms with Crippen molar-refractivity contribution in [2.24, 2.45) is 7.05 Å². The van der Waals surface area contributed by atoms with Gasteiger partial charge in [0, 0.05) is 32.9 Å². The summed E-state index contributed by atoms with van der Waals surface area (Å²) in [6.07, 6.45) is 4.33. The van der Waals surface area contributed by atoms with E-state index in [0.29, 0.717) is 0 Å². The Bertz CT molecular complexity index is 1230. The molecular formula is C22H18BrNO3S2. The fourth-order valence-corrected chi connectivity index (χ4v) is 4.03. The monoisotopic (exact) mass is 487 g/mol. The molecule has 0 saturated carbocycles. The van der Waals surface area contributed by atoms with Gasteiger partial charge in [-0.15, -0.1) is 11.3 Å². The van der Waals surface area contributed by atoms with Crippen LogP contribution in [-0.4, -0.2) is 13.0 Å². The second-order valence-electron chi connectivity index (χ2n) is 6.13. The SMILES string of the molecule is C[n+]1c(/C=C/c2cccs2)ccc2ccccc21.O=S(=O)([O-])c1ccc(Br)cc1. The molecule has 4 nitrogen and oxygen atoms in total. The molecule has 0 aliphatic heterocycles. The predicted octanol–water partition coefficient (Wildman–Crippen LogP) is 5.25. The van der Waals surface area contributed by atoms with Gasteiger partial charge >= 0.3 is 0 Å². The van der Waals surface area contributed by atoms with Gasteiger partial charge in [-0.25, -0.2) is 8.42 Å². The van der Waals surface area contributed by atoms with Gasteiger partial charge in [0.1, 0.15) is 17.2 Å². The molecule has 0 spiro atoms. The topological polar surface area (TPSA) is 61.1 Å². The van der Waals surface area contributed by atoms with Crippen LogP contribution in [-0.2, 0) is 17.2 Å². The first-order valence-corrected chi connectivity index (χ1v) is 11.7. The maximum atomic E-state index is 10.4. The molecule has 0 radical (unpaired) electrons. The summed E-state index contributed by atoms with van der Waals surface area (Å²) in [7, 11) is -2.18. The number of benzene rings is 2. The van der Waals surface area contributed by atoms with E-state index in [9.17, 15) is 13.0 Å². The molecule has 4 aromatic rings. The van der Waals surface area contributed by atoms with E-state index in [0.717, 1.165) is 4.47 Å². The van der Waals surface area contributed by atoms with Crippen LogP contribution in [0.25, 0.3) is 23.1 Å². The zero-order chi connectivity index (χ0) is 20.9. The maximum absolute atomic E-state index is 10.4. The van der Waals surface area contributed by atoms with Crippen molar-refractivity contribution in [3.8, 4) is 0 Å². The van der Waals surface area contributed by atoms with E-state index < -0.39 is 10.1 Å². The third-order valence-electron chi connectivity index (χ3n) is 4.18. The minimum atomic E-state index is -4.29. The molecule has 2 heterocycles. The van der Waals surface area contributed by atoms with Gasteiger partial charge in [0.2, 0.25) is 11.2 Å². The smallest absolute Gasteiger partial charge is 0.212 e. The largest absolute Gasteiger partial charge is 0.744 e. The summed E-state index contributed by atoms with van der Waals surface area (Å²) < 4.78 is 34.1. The summed E-state index contributed by atoms with van der Waals surface area (Å²) in [6.45, 7) is 0. The van der Waals surface area contributed by atoms with Crippen molar-refractivity contribution >= 4 is 60.4 Å². The van der Waals surface area contributed by atoms with Crippen LogP contribution in [0.5, 0.6) is 0 Å². The van der Waals surface area contributed by atoms with Crippen LogP contribution in [0.1, 0.15) is 10.6 Å². The molecule has 0 atom stereocenters. The number of thiophene rings is 1. The minimum Gasteiger partial charge on any atom is -0.744 e. The number of fused-ring (bicyclic) bond motifs is 1. The Labute approximate surface area is 182 Å². The molecule has 0 N–H and O–H groups in total. The first-order valence-electron chi connectivity index (χ1n) is 8.65. The summed E-state index contributed by atoms with van der Waals surface area (Å²) in [5.41, 5.74) is 2.47. The molecule has 0 fully saturated rings. The summed E-state index contributed by atoms with van der Waals surface area (Å²) >= 11 is 4.87. The Morgan fingerprint density at radius 1 is 0.931 bits per heavy atom. The van der Waals surface area contributed by atoms with Crippen LogP contribution in [0.15, 0.2) is 87.5 Å². The van der Waals surface area contributed by atoms with E-state index in [1.165, 1.54) is 45.7 Å². The standard InChI is InChI=1S/C16H14NS.C6H5BrO3S/c1-17-14(10-11-15-6-4-12-18-15)9-8-13-5-2-3-7-16(13)17;7-5-1-3-6(4-2-5)11(8,9)10/h2-12H,1H3;1-4H,(H,8,9,10)/q+1;/p-1/b11-10+;. The van der Waals surface area contributed by atoms with Gasteiger partial charge in [0.05, 0.1) is 4.90 Å². The average molecular weight is 488 g/mol. The van der Waals surface area contributed by atoms with E-state index in [-0.39, 0.29) is 4.90 Å². The second-order valence-corrected chi connectivity index (χ2v) is 9.41. The average Bonchev–Trinajstić information content (AvgIpc) is 3.21. The molecule has 0 saturated heterocycles. The molecule has 2 aromatic heterocycles. The van der Waals surface area contributed by atoms with Crippen molar-refractivity contribution in [3.63, 3.8) is 0 Å². The molecule has 2 aromatic carbocycles. The van der Waals surface area contributed by atoms with Crippen LogP contribution in [0.4, 0.5) is 0 Å². The van der Waals surface area contributed by atoms with E-state index in [4.69, 9.17) is 0 Å². The van der Waals surface area contributed by atoms with Crippen molar-refractivity contribution < 1.29 is 17.5 Å². The van der Waals surface area contributed by atoms with Gasteiger partial charge in [-0.05, 0) is 53.9 Å². The third-order valence-corrected chi connectivity index (χ3v) is 6.40. The van der Waals surface area contributed by atoms with Crippen molar-refractivity contribution in [1.29, 1.82) is 0 Å². The normalized spacial score (nSPS) is 11.4. The minimum absolute atomic E-state index is 0.208. The summed E-state index contributed by atoms with van der Waals surface area (Å²) in [4.78, 5) is 1.07. The Kier molecular flexibility index (Phi) is 6.97. The first kappa shape index (κ1) is 21.4. The van der Waals surface area contributed by atoms with Crippen molar-refractivity contribution in [1.82, 2.24) is 0 Å². The Morgan fingerprint density at radius 3 is 2.31 bits per heavy atom. The van der Waals surface area contributed by atoms with Gasteiger partial charge in [-0.3, -0.25) is 0 Å². The van der Waals surface area contributed by atoms with Gasteiger partial charge < -0.3 is 4.55 Å². The number of pyridine rings is 1. The van der Waals surface area contributed by atoms with Crippen LogP contribution >= 0.6 is 27.3 Å². The highest BCUT2D eigenvalue weighted by molar-refractivity contribution is 9.10. The molecule has 0 amide bonds. The molecule has 29 heavy (non-hydrogen) atoms. The van der Waals surface area contributed by atoms with E-state index in [1.807, 2.05) is 0 Å². The lowest BCUT2D eigenvalue weighted by atomic mass is 10.2. The fourth-order valence-electron chi connectivity index (χ4n) is 2.68. The first-order chi connectivity index (χ1) is 13.8. The number of rotatable bonds is 3. The number of aromatic nitrogens is 1. The van der Waals surface area contributed by atoms with Crippen LogP contribution < -0.4 is 4.57 Å². The molecule has 148 valence electrons. The number of para-hydroxylation sites is 1. The highest BCUT2D eigenvalue weighted by Crippen LogP contribution is 2.15. The van der Waals surface area contributed by atoms with Crippen molar-refractivity contribution in [2.45, 2.75) is 4.90 Å². The number of hydrogen-bond acceptors (Lipinski definition) is 4. The molecule has 0 aliphatic carbocycles. The van der Waals surface area contributed by atoms with Gasteiger partial charge in [0.25, 0.3) is 0 Å². The van der Waals surface area contributed by atoms with E-state index >= 15 is 0 Å². The Morgan fingerprint density at radius 2 is 1.66 bits per heavy atom. The fraction of sp³-hybridized carbons (Fsp3) is 0.0455. The Hall–Kier alpha value is -2.32. The number of halogens is 1. The lowest BCUT2D eigenvalue weighted by Crippen LogP contribution is -2.32. The molecule has 4 rings (SSSR count). The van der Waals surface area contributed by atoms with E-state index in [1.54, 1.807) is 11.3 Å². The number of aryl methyl sites for hydroxylation is 1.